The van der Waals surface area contributed by atoms with Gasteiger partial charge in [-0.3, -0.25) is 4.79 Å². The molecule has 1 aromatic heterocycles. The van der Waals surface area contributed by atoms with Crippen LogP contribution in [0.25, 0.3) is 10.9 Å². The summed E-state index contributed by atoms with van der Waals surface area (Å²) in [5.41, 5.74) is 3.95. The lowest BCUT2D eigenvalue weighted by atomic mass is 10.1. The highest BCUT2D eigenvalue weighted by Crippen LogP contribution is 2.16. The van der Waals surface area contributed by atoms with E-state index in [-0.39, 0.29) is 5.56 Å². The van der Waals surface area contributed by atoms with Gasteiger partial charge >= 0.3 is 0 Å². The van der Waals surface area contributed by atoms with E-state index in [0.29, 0.717) is 18.2 Å². The van der Waals surface area contributed by atoms with Crippen LogP contribution in [0, 0.1) is 0 Å². The maximum Gasteiger partial charge on any atom is 0.253 e. The van der Waals surface area contributed by atoms with Gasteiger partial charge in [0, 0.05) is 24.2 Å². The Morgan fingerprint density at radius 1 is 0.970 bits per heavy atom. The Balaban J connectivity index is 1.77. The number of rotatable bonds is 11. The summed E-state index contributed by atoms with van der Waals surface area (Å²) < 4.78 is 0. The lowest BCUT2D eigenvalue weighted by Gasteiger charge is -2.26. The molecular formula is C27H36N4OS. The predicted molar refractivity (Wildman–Crippen MR) is 143 cm³/mol. The molecule has 3 rings (SSSR count). The monoisotopic (exact) mass is 464 g/mol. The number of aromatic amines is 1. The van der Waals surface area contributed by atoms with Crippen LogP contribution in [-0.4, -0.2) is 46.1 Å². The van der Waals surface area contributed by atoms with Crippen molar-refractivity contribution in [2.24, 2.45) is 0 Å². The normalized spacial score (nSPS) is 11.2. The smallest absolute Gasteiger partial charge is 0.253 e. The number of nitrogens with zero attached hydrogens (tertiary/aromatic N) is 2. The number of benzene rings is 2. The Morgan fingerprint density at radius 2 is 1.73 bits per heavy atom. The zero-order valence-corrected chi connectivity index (χ0v) is 20.9. The van der Waals surface area contributed by atoms with Gasteiger partial charge in [-0.25, -0.2) is 0 Å². The fourth-order valence-electron chi connectivity index (χ4n) is 4.00. The molecule has 0 aliphatic rings. The van der Waals surface area contributed by atoms with Crippen LogP contribution in [0.2, 0.25) is 0 Å². The number of aromatic nitrogens is 1. The van der Waals surface area contributed by atoms with Crippen molar-refractivity contribution < 1.29 is 0 Å². The number of thiocarbonyl (C=S) groups is 1. The molecule has 0 aliphatic carbocycles. The molecule has 1 heterocycles. The molecule has 0 atom stereocenters. The molecule has 0 bridgehead atoms. The maximum atomic E-state index is 12.8. The van der Waals surface area contributed by atoms with Gasteiger partial charge in [0.05, 0.1) is 6.54 Å². The van der Waals surface area contributed by atoms with Crippen molar-refractivity contribution in [2.45, 2.75) is 46.7 Å². The van der Waals surface area contributed by atoms with E-state index in [0.717, 1.165) is 61.1 Å². The molecule has 0 aliphatic heterocycles. The van der Waals surface area contributed by atoms with Crippen LogP contribution in [0.5, 0.6) is 0 Å². The Kier molecular flexibility index (Phi) is 9.46. The second kappa shape index (κ2) is 12.5. The van der Waals surface area contributed by atoms with Gasteiger partial charge in [-0.2, -0.15) is 0 Å². The van der Waals surface area contributed by atoms with Crippen molar-refractivity contribution >= 4 is 28.2 Å². The number of aryl methyl sites for hydroxylation is 1. The van der Waals surface area contributed by atoms with E-state index in [1.807, 2.05) is 30.3 Å². The number of nitrogens with one attached hydrogen (secondary N) is 2. The number of H-pyrrole nitrogens is 1. The minimum Gasteiger partial charge on any atom is -0.363 e. The van der Waals surface area contributed by atoms with Crippen molar-refractivity contribution in [3.63, 3.8) is 0 Å². The summed E-state index contributed by atoms with van der Waals surface area (Å²) in [4.78, 5) is 20.4. The average Bonchev–Trinajstić information content (AvgIpc) is 2.84. The Hall–Kier alpha value is -2.70. The number of fused-ring (bicyclic) bond motifs is 1. The first kappa shape index (κ1) is 24.9. The maximum absolute atomic E-state index is 12.8. The van der Waals surface area contributed by atoms with Crippen molar-refractivity contribution in [3.8, 4) is 0 Å². The Labute approximate surface area is 202 Å². The highest BCUT2D eigenvalue weighted by atomic mass is 32.1. The first-order valence-corrected chi connectivity index (χ1v) is 12.4. The van der Waals surface area contributed by atoms with E-state index in [1.54, 1.807) is 0 Å². The van der Waals surface area contributed by atoms with E-state index >= 15 is 0 Å². The van der Waals surface area contributed by atoms with Gasteiger partial charge in [-0.05, 0) is 79.4 Å². The van der Waals surface area contributed by atoms with Gasteiger partial charge in [-0.15, -0.1) is 0 Å². The van der Waals surface area contributed by atoms with Gasteiger partial charge in [0.2, 0.25) is 0 Å². The number of pyridine rings is 1. The van der Waals surface area contributed by atoms with Crippen molar-refractivity contribution in [1.29, 1.82) is 0 Å². The highest BCUT2D eigenvalue weighted by molar-refractivity contribution is 7.80. The van der Waals surface area contributed by atoms with Crippen LogP contribution in [0.1, 0.15) is 43.9 Å². The lowest BCUT2D eigenvalue weighted by molar-refractivity contribution is 0.299. The zero-order valence-electron chi connectivity index (χ0n) is 20.1. The molecule has 0 amide bonds. The molecule has 176 valence electrons. The third-order valence-corrected chi connectivity index (χ3v) is 6.48. The number of hydrogen-bond acceptors (Lipinski definition) is 3. The van der Waals surface area contributed by atoms with Crippen LogP contribution in [0.4, 0.5) is 0 Å². The summed E-state index contributed by atoms with van der Waals surface area (Å²) in [6.45, 7) is 11.6. The van der Waals surface area contributed by atoms with Gasteiger partial charge in [0.1, 0.15) is 0 Å². The highest BCUT2D eigenvalue weighted by Gasteiger charge is 2.14. The first-order valence-electron chi connectivity index (χ1n) is 12.0. The van der Waals surface area contributed by atoms with Crippen LogP contribution in [-0.2, 0) is 19.5 Å². The zero-order chi connectivity index (χ0) is 23.6. The second-order valence-electron chi connectivity index (χ2n) is 8.35. The molecule has 2 aromatic carbocycles. The van der Waals surface area contributed by atoms with Crippen molar-refractivity contribution in [3.05, 3.63) is 81.6 Å². The summed E-state index contributed by atoms with van der Waals surface area (Å²) in [6.07, 6.45) is 1.99. The third kappa shape index (κ3) is 7.14. The summed E-state index contributed by atoms with van der Waals surface area (Å²) in [6, 6.07) is 18.5. The molecule has 0 fully saturated rings. The summed E-state index contributed by atoms with van der Waals surface area (Å²) in [5.74, 6) is 0. The largest absolute Gasteiger partial charge is 0.363 e. The fraction of sp³-hybridized carbons (Fsp3) is 0.407. The molecular weight excluding hydrogens is 428 g/mol. The SMILES string of the molecule is CCc1ccc2[nH]c(=O)c(CN(Cc3ccccc3)C(=S)NCCCN(CC)CC)cc2c1. The molecule has 6 heteroatoms. The van der Waals surface area contributed by atoms with Crippen LogP contribution < -0.4 is 10.9 Å². The Morgan fingerprint density at radius 3 is 2.42 bits per heavy atom. The van der Waals surface area contributed by atoms with E-state index in [4.69, 9.17) is 12.2 Å². The quantitative estimate of drug-likeness (QED) is 0.318. The predicted octanol–water partition coefficient (Wildman–Crippen LogP) is 4.70. The van der Waals surface area contributed by atoms with E-state index < -0.39 is 0 Å². The minimum atomic E-state index is -0.0610. The first-order chi connectivity index (χ1) is 16.0. The molecule has 0 radical (unpaired) electrons. The van der Waals surface area contributed by atoms with Crippen molar-refractivity contribution in [1.82, 2.24) is 20.1 Å². The molecule has 33 heavy (non-hydrogen) atoms. The van der Waals surface area contributed by atoms with Gasteiger partial charge < -0.3 is 20.1 Å². The van der Waals surface area contributed by atoms with Gasteiger partial charge in [0.25, 0.3) is 5.56 Å². The average molecular weight is 465 g/mol. The number of hydrogen-bond donors (Lipinski definition) is 2. The van der Waals surface area contributed by atoms with Crippen molar-refractivity contribution in [2.75, 3.05) is 26.2 Å². The van der Waals surface area contributed by atoms with E-state index in [1.165, 1.54) is 5.56 Å². The van der Waals surface area contributed by atoms with Crippen LogP contribution in [0.3, 0.4) is 0 Å². The van der Waals surface area contributed by atoms with Gasteiger partial charge in [0.15, 0.2) is 5.11 Å². The van der Waals surface area contributed by atoms with Gasteiger partial charge in [-0.1, -0.05) is 57.2 Å². The molecule has 0 unspecified atom stereocenters. The van der Waals surface area contributed by atoms with E-state index in [2.05, 4.69) is 65.1 Å². The summed E-state index contributed by atoms with van der Waals surface area (Å²) >= 11 is 5.78. The summed E-state index contributed by atoms with van der Waals surface area (Å²) in [5, 5.41) is 5.16. The minimum absolute atomic E-state index is 0.0610. The molecule has 0 saturated heterocycles. The second-order valence-corrected chi connectivity index (χ2v) is 8.74. The summed E-state index contributed by atoms with van der Waals surface area (Å²) in [7, 11) is 0. The molecule has 0 saturated carbocycles. The third-order valence-electron chi connectivity index (χ3n) is 6.08. The molecule has 0 spiro atoms. The molecule has 3 aromatic rings. The Bertz CT molecular complexity index is 1090. The van der Waals surface area contributed by atoms with Crippen LogP contribution >= 0.6 is 12.2 Å². The molecule has 5 nitrogen and oxygen atoms in total. The standard InChI is InChI=1S/C27H36N4OS/c1-4-21-13-14-25-23(17-21)18-24(26(32)29-25)20-31(19-22-11-8-7-9-12-22)27(33)28-15-10-16-30(5-2)6-3/h7-9,11-14,17-18H,4-6,10,15-16,19-20H2,1-3H3,(H,28,33)(H,29,32). The fourth-order valence-corrected chi connectivity index (χ4v) is 4.23. The molecule has 2 N–H and O–H groups in total. The lowest BCUT2D eigenvalue weighted by Crippen LogP contribution is -2.41. The van der Waals surface area contributed by atoms with Crippen LogP contribution in [0.15, 0.2) is 59.4 Å². The topological polar surface area (TPSA) is 51.4 Å². The van der Waals surface area contributed by atoms with E-state index in [9.17, 15) is 4.79 Å².